The van der Waals surface area contributed by atoms with Crippen LogP contribution in [0, 0.1) is 6.92 Å². The van der Waals surface area contributed by atoms with Gasteiger partial charge in [-0.05, 0) is 12.5 Å². The first-order valence-electron chi connectivity index (χ1n) is 8.06. The van der Waals surface area contributed by atoms with Crippen LogP contribution in [0.2, 0.25) is 0 Å². The van der Waals surface area contributed by atoms with E-state index in [0.29, 0.717) is 12.2 Å². The number of fused-ring (bicyclic) bond motifs is 1. The molecular formula is C20H17N3OS. The van der Waals surface area contributed by atoms with E-state index >= 15 is 0 Å². The van der Waals surface area contributed by atoms with Gasteiger partial charge in [-0.2, -0.15) is 0 Å². The number of nitrogens with zero attached hydrogens (tertiary/aromatic N) is 2. The van der Waals surface area contributed by atoms with Crippen LogP contribution in [0.1, 0.15) is 21.6 Å². The largest absolute Gasteiger partial charge is 0.347 e. The number of hydrogen-bond acceptors (Lipinski definition) is 3. The fraction of sp³-hybridized carbons (Fsp3) is 0.100. The molecule has 0 spiro atoms. The van der Waals surface area contributed by atoms with E-state index in [1.165, 1.54) is 16.9 Å². The minimum absolute atomic E-state index is 0.0945. The molecule has 0 aliphatic rings. The van der Waals surface area contributed by atoms with Gasteiger partial charge in [0, 0.05) is 23.7 Å². The van der Waals surface area contributed by atoms with E-state index in [4.69, 9.17) is 0 Å². The maximum atomic E-state index is 12.5. The summed E-state index contributed by atoms with van der Waals surface area (Å²) in [7, 11) is 0. The van der Waals surface area contributed by atoms with Crippen molar-refractivity contribution < 1.29 is 4.79 Å². The third-order valence-corrected chi connectivity index (χ3v) is 4.92. The first kappa shape index (κ1) is 15.6. The standard InChI is InChI=1S/C20H17N3OS/c1-14-7-9-16(10-8-14)17-12-23-18(13-25-20(23)22-17)19(24)21-11-15-5-3-2-4-6-15/h2-10,12-13H,11H2,1H3,(H,21,24). The second-order valence-corrected chi connectivity index (χ2v) is 6.77. The van der Waals surface area contributed by atoms with Crippen LogP contribution in [0.15, 0.2) is 66.2 Å². The summed E-state index contributed by atoms with van der Waals surface area (Å²) < 4.78 is 1.86. The van der Waals surface area contributed by atoms with Crippen LogP contribution in [-0.4, -0.2) is 15.3 Å². The molecule has 0 atom stereocenters. The molecule has 4 aromatic rings. The summed E-state index contributed by atoms with van der Waals surface area (Å²) in [6.07, 6.45) is 1.92. The summed E-state index contributed by atoms with van der Waals surface area (Å²) in [6, 6.07) is 18.1. The maximum absolute atomic E-state index is 12.5. The van der Waals surface area contributed by atoms with E-state index in [2.05, 4.69) is 41.5 Å². The van der Waals surface area contributed by atoms with E-state index in [0.717, 1.165) is 21.8 Å². The number of rotatable bonds is 4. The van der Waals surface area contributed by atoms with Crippen LogP contribution < -0.4 is 5.32 Å². The van der Waals surface area contributed by atoms with E-state index in [9.17, 15) is 4.79 Å². The van der Waals surface area contributed by atoms with Crippen molar-refractivity contribution in [2.24, 2.45) is 0 Å². The summed E-state index contributed by atoms with van der Waals surface area (Å²) >= 11 is 1.47. The van der Waals surface area contributed by atoms with Gasteiger partial charge in [0.2, 0.25) is 0 Å². The predicted octanol–water partition coefficient (Wildman–Crippen LogP) is 4.30. The van der Waals surface area contributed by atoms with E-state index < -0.39 is 0 Å². The Kier molecular flexibility index (Phi) is 4.07. The Hall–Kier alpha value is -2.92. The van der Waals surface area contributed by atoms with Crippen LogP contribution in [0.4, 0.5) is 0 Å². The molecule has 0 bridgehead atoms. The number of benzene rings is 2. The van der Waals surface area contributed by atoms with Crippen LogP contribution in [0.3, 0.4) is 0 Å². The molecule has 124 valence electrons. The second-order valence-electron chi connectivity index (χ2n) is 5.93. The topological polar surface area (TPSA) is 46.4 Å². The van der Waals surface area contributed by atoms with Crippen LogP contribution >= 0.6 is 11.3 Å². The molecule has 0 fully saturated rings. The van der Waals surface area contributed by atoms with Crippen molar-refractivity contribution >= 4 is 22.2 Å². The van der Waals surface area contributed by atoms with Crippen molar-refractivity contribution in [1.82, 2.24) is 14.7 Å². The first-order valence-corrected chi connectivity index (χ1v) is 8.94. The number of aromatic nitrogens is 2. The molecule has 2 heterocycles. The molecule has 2 aromatic heterocycles. The Bertz CT molecular complexity index is 1020. The Labute approximate surface area is 149 Å². The predicted molar refractivity (Wildman–Crippen MR) is 101 cm³/mol. The maximum Gasteiger partial charge on any atom is 0.269 e. The lowest BCUT2D eigenvalue weighted by atomic mass is 10.1. The lowest BCUT2D eigenvalue weighted by molar-refractivity contribution is 0.0945. The Morgan fingerprint density at radius 3 is 2.64 bits per heavy atom. The van der Waals surface area contributed by atoms with Gasteiger partial charge in [0.05, 0.1) is 5.69 Å². The summed E-state index contributed by atoms with van der Waals surface area (Å²) in [5, 5.41) is 4.82. The zero-order valence-electron chi connectivity index (χ0n) is 13.8. The molecule has 0 unspecified atom stereocenters. The summed E-state index contributed by atoms with van der Waals surface area (Å²) in [4.78, 5) is 18.0. The first-order chi connectivity index (χ1) is 12.2. The highest BCUT2D eigenvalue weighted by Crippen LogP contribution is 2.24. The number of amides is 1. The molecule has 1 amide bonds. The molecule has 4 rings (SSSR count). The Balaban J connectivity index is 1.57. The van der Waals surface area contributed by atoms with Crippen LogP contribution in [-0.2, 0) is 6.54 Å². The second kappa shape index (κ2) is 6.53. The molecule has 0 aliphatic heterocycles. The molecule has 2 aromatic carbocycles. The van der Waals surface area contributed by atoms with Gasteiger partial charge in [0.15, 0.2) is 4.96 Å². The Morgan fingerprint density at radius 1 is 1.12 bits per heavy atom. The zero-order valence-corrected chi connectivity index (χ0v) is 14.6. The SMILES string of the molecule is Cc1ccc(-c2cn3c(C(=O)NCc4ccccc4)csc3n2)cc1. The highest BCUT2D eigenvalue weighted by Gasteiger charge is 2.15. The van der Waals surface area contributed by atoms with Gasteiger partial charge in [-0.25, -0.2) is 4.98 Å². The molecule has 0 aliphatic carbocycles. The molecule has 5 heteroatoms. The molecule has 0 saturated heterocycles. The average molecular weight is 347 g/mol. The number of carbonyl (C=O) groups is 1. The normalized spacial score (nSPS) is 10.9. The number of aryl methyl sites for hydroxylation is 1. The van der Waals surface area contributed by atoms with Gasteiger partial charge < -0.3 is 5.32 Å². The monoisotopic (exact) mass is 347 g/mol. The third kappa shape index (κ3) is 3.19. The van der Waals surface area contributed by atoms with Crippen LogP contribution in [0.25, 0.3) is 16.2 Å². The van der Waals surface area contributed by atoms with Gasteiger partial charge in [-0.3, -0.25) is 9.20 Å². The number of hydrogen-bond donors (Lipinski definition) is 1. The van der Waals surface area contributed by atoms with Crippen molar-refractivity contribution in [2.45, 2.75) is 13.5 Å². The lowest BCUT2D eigenvalue weighted by Crippen LogP contribution is -2.23. The summed E-state index contributed by atoms with van der Waals surface area (Å²) in [5.74, 6) is -0.0945. The van der Waals surface area contributed by atoms with E-state index in [1.54, 1.807) is 0 Å². The molecule has 1 N–H and O–H groups in total. The minimum Gasteiger partial charge on any atom is -0.347 e. The number of imidazole rings is 1. The summed E-state index contributed by atoms with van der Waals surface area (Å²) in [6.45, 7) is 2.57. The lowest BCUT2D eigenvalue weighted by Gasteiger charge is -2.04. The molecule has 0 radical (unpaired) electrons. The van der Waals surface area contributed by atoms with Crippen molar-refractivity contribution in [2.75, 3.05) is 0 Å². The van der Waals surface area contributed by atoms with Crippen molar-refractivity contribution in [3.05, 3.63) is 83.0 Å². The molecule has 0 saturated carbocycles. The number of nitrogens with one attached hydrogen (secondary N) is 1. The van der Waals surface area contributed by atoms with Crippen LogP contribution in [0.5, 0.6) is 0 Å². The summed E-state index contributed by atoms with van der Waals surface area (Å²) in [5.41, 5.74) is 4.84. The highest BCUT2D eigenvalue weighted by molar-refractivity contribution is 7.15. The molecule has 25 heavy (non-hydrogen) atoms. The smallest absolute Gasteiger partial charge is 0.269 e. The van der Waals surface area contributed by atoms with Gasteiger partial charge in [0.1, 0.15) is 5.69 Å². The Morgan fingerprint density at radius 2 is 1.88 bits per heavy atom. The number of thiazole rings is 1. The fourth-order valence-electron chi connectivity index (χ4n) is 2.68. The van der Waals surface area contributed by atoms with Gasteiger partial charge >= 0.3 is 0 Å². The van der Waals surface area contributed by atoms with Crippen molar-refractivity contribution in [3.63, 3.8) is 0 Å². The van der Waals surface area contributed by atoms with Gasteiger partial charge in [-0.1, -0.05) is 60.2 Å². The van der Waals surface area contributed by atoms with E-state index in [-0.39, 0.29) is 5.91 Å². The minimum atomic E-state index is -0.0945. The molecule has 4 nitrogen and oxygen atoms in total. The van der Waals surface area contributed by atoms with Crippen molar-refractivity contribution in [1.29, 1.82) is 0 Å². The zero-order chi connectivity index (χ0) is 17.2. The third-order valence-electron chi connectivity index (χ3n) is 4.08. The van der Waals surface area contributed by atoms with Crippen molar-refractivity contribution in [3.8, 4) is 11.3 Å². The fourth-order valence-corrected chi connectivity index (χ4v) is 3.53. The molecular weight excluding hydrogens is 330 g/mol. The average Bonchev–Trinajstić information content (AvgIpc) is 3.22. The quantitative estimate of drug-likeness (QED) is 0.598. The van der Waals surface area contributed by atoms with Gasteiger partial charge in [0.25, 0.3) is 5.91 Å². The van der Waals surface area contributed by atoms with Gasteiger partial charge in [-0.15, -0.1) is 11.3 Å². The number of carbonyl (C=O) groups excluding carboxylic acids is 1. The van der Waals surface area contributed by atoms with E-state index in [1.807, 2.05) is 46.3 Å². The highest BCUT2D eigenvalue weighted by atomic mass is 32.1.